The molecule has 0 aromatic heterocycles. The molecule has 0 unspecified atom stereocenters. The normalized spacial score (nSPS) is 20.4. The molecule has 1 saturated carbocycles. The van der Waals surface area contributed by atoms with Crippen LogP contribution in [-0.4, -0.2) is 47.8 Å². The van der Waals surface area contributed by atoms with Crippen LogP contribution in [0, 0.1) is 5.92 Å². The standard InChI is InChI=1S/C31H49N3O3/c1-2-3-4-5-6-7-8-9-13-20-29(35)34-23-21-26(22-24-34)31(37)33-28-19-15-14-18-27(28)32-30(36)25-16-11-10-12-17-25/h10-12,16-17,26-28H,2-9,13-15,18-24H2,1H3,(H,32,36)(H,33,37)/t27-,28-/m1/s1. The summed E-state index contributed by atoms with van der Waals surface area (Å²) in [5.41, 5.74) is 0.651. The van der Waals surface area contributed by atoms with Crippen LogP contribution in [0.25, 0.3) is 0 Å². The van der Waals surface area contributed by atoms with Gasteiger partial charge in [-0.15, -0.1) is 0 Å². The number of carbonyl (C=O) groups is 3. The third-order valence-corrected chi connectivity index (χ3v) is 8.16. The minimum atomic E-state index is -0.0782. The molecule has 3 amide bonds. The fourth-order valence-electron chi connectivity index (χ4n) is 5.75. The molecule has 1 aliphatic carbocycles. The number of likely N-dealkylation sites (tertiary alicyclic amines) is 1. The summed E-state index contributed by atoms with van der Waals surface area (Å²) in [4.78, 5) is 40.3. The van der Waals surface area contributed by atoms with Crippen molar-refractivity contribution in [3.05, 3.63) is 35.9 Å². The Balaban J connectivity index is 1.33. The van der Waals surface area contributed by atoms with Gasteiger partial charge >= 0.3 is 0 Å². The first kappa shape index (κ1) is 29.2. The van der Waals surface area contributed by atoms with Crippen LogP contribution in [0.2, 0.25) is 0 Å². The van der Waals surface area contributed by atoms with Crippen LogP contribution in [0.5, 0.6) is 0 Å². The van der Waals surface area contributed by atoms with E-state index in [4.69, 9.17) is 0 Å². The van der Waals surface area contributed by atoms with Gasteiger partial charge in [0.05, 0.1) is 0 Å². The lowest BCUT2D eigenvalue weighted by atomic mass is 9.88. The SMILES string of the molecule is CCCCCCCCCCCC(=O)N1CCC(C(=O)N[C@@H]2CCCC[C@H]2NC(=O)c2ccccc2)CC1. The molecule has 2 aliphatic rings. The predicted molar refractivity (Wildman–Crippen MR) is 149 cm³/mol. The number of piperidine rings is 1. The lowest BCUT2D eigenvalue weighted by molar-refractivity contribution is -0.136. The second-order valence-corrected chi connectivity index (χ2v) is 11.1. The first-order chi connectivity index (χ1) is 18.1. The van der Waals surface area contributed by atoms with Gasteiger partial charge in [0, 0.05) is 43.1 Å². The van der Waals surface area contributed by atoms with E-state index >= 15 is 0 Å². The third-order valence-electron chi connectivity index (χ3n) is 8.16. The van der Waals surface area contributed by atoms with Crippen LogP contribution in [0.3, 0.4) is 0 Å². The van der Waals surface area contributed by atoms with E-state index < -0.39 is 0 Å². The first-order valence-electron chi connectivity index (χ1n) is 15.0. The zero-order chi connectivity index (χ0) is 26.3. The Kier molecular flexibility index (Phi) is 13.0. The van der Waals surface area contributed by atoms with Gasteiger partial charge < -0.3 is 15.5 Å². The van der Waals surface area contributed by atoms with E-state index in [0.29, 0.717) is 25.1 Å². The highest BCUT2D eigenvalue weighted by molar-refractivity contribution is 5.94. The van der Waals surface area contributed by atoms with E-state index in [2.05, 4.69) is 17.6 Å². The molecule has 1 aromatic rings. The van der Waals surface area contributed by atoms with Crippen LogP contribution >= 0.6 is 0 Å². The molecule has 1 heterocycles. The first-order valence-corrected chi connectivity index (χ1v) is 15.0. The van der Waals surface area contributed by atoms with Crippen molar-refractivity contribution in [2.24, 2.45) is 5.92 Å². The Morgan fingerprint density at radius 1 is 0.757 bits per heavy atom. The summed E-state index contributed by atoms with van der Waals surface area (Å²) in [5, 5.41) is 6.40. The number of nitrogens with one attached hydrogen (secondary N) is 2. The molecule has 3 rings (SSSR count). The van der Waals surface area contributed by atoms with Crippen molar-refractivity contribution in [1.82, 2.24) is 15.5 Å². The molecule has 2 atom stereocenters. The minimum Gasteiger partial charge on any atom is -0.351 e. The topological polar surface area (TPSA) is 78.5 Å². The van der Waals surface area contributed by atoms with E-state index in [9.17, 15) is 14.4 Å². The molecule has 0 radical (unpaired) electrons. The molecule has 37 heavy (non-hydrogen) atoms. The number of hydrogen-bond donors (Lipinski definition) is 2. The molecule has 1 aliphatic heterocycles. The van der Waals surface area contributed by atoms with Crippen molar-refractivity contribution in [2.75, 3.05) is 13.1 Å². The molecule has 2 fully saturated rings. The maximum atomic E-state index is 13.1. The van der Waals surface area contributed by atoms with E-state index in [1.165, 1.54) is 44.9 Å². The van der Waals surface area contributed by atoms with Crippen LogP contribution in [0.15, 0.2) is 30.3 Å². The number of nitrogens with zero attached hydrogens (tertiary/aromatic N) is 1. The van der Waals surface area contributed by atoms with Gasteiger partial charge in [0.25, 0.3) is 5.91 Å². The number of hydrogen-bond acceptors (Lipinski definition) is 3. The van der Waals surface area contributed by atoms with Crippen molar-refractivity contribution in [3.63, 3.8) is 0 Å². The van der Waals surface area contributed by atoms with Crippen LogP contribution < -0.4 is 10.6 Å². The van der Waals surface area contributed by atoms with Gasteiger partial charge in [-0.05, 0) is 44.2 Å². The zero-order valence-corrected chi connectivity index (χ0v) is 23.0. The van der Waals surface area contributed by atoms with Gasteiger partial charge in [-0.3, -0.25) is 14.4 Å². The quantitative estimate of drug-likeness (QED) is 0.301. The summed E-state index contributed by atoms with van der Waals surface area (Å²) in [7, 11) is 0. The smallest absolute Gasteiger partial charge is 0.251 e. The monoisotopic (exact) mass is 511 g/mol. The zero-order valence-electron chi connectivity index (χ0n) is 23.0. The number of benzene rings is 1. The summed E-state index contributed by atoms with van der Waals surface area (Å²) in [6.45, 7) is 3.59. The van der Waals surface area contributed by atoms with Crippen molar-refractivity contribution in [2.45, 2.75) is 122 Å². The van der Waals surface area contributed by atoms with Gasteiger partial charge in [-0.2, -0.15) is 0 Å². The molecular formula is C31H49N3O3. The van der Waals surface area contributed by atoms with Gasteiger partial charge in [-0.1, -0.05) is 89.3 Å². The summed E-state index contributed by atoms with van der Waals surface area (Å²) in [6.07, 6.45) is 17.3. The Morgan fingerprint density at radius 2 is 1.32 bits per heavy atom. The highest BCUT2D eigenvalue weighted by Crippen LogP contribution is 2.23. The number of unbranched alkanes of at least 4 members (excludes halogenated alkanes) is 8. The highest BCUT2D eigenvalue weighted by atomic mass is 16.2. The maximum Gasteiger partial charge on any atom is 0.251 e. The fourth-order valence-corrected chi connectivity index (χ4v) is 5.75. The Labute approximate surface area is 224 Å². The molecule has 0 bridgehead atoms. The van der Waals surface area contributed by atoms with E-state index in [1.807, 2.05) is 35.2 Å². The van der Waals surface area contributed by atoms with Crippen molar-refractivity contribution in [3.8, 4) is 0 Å². The van der Waals surface area contributed by atoms with E-state index in [1.54, 1.807) is 0 Å². The average Bonchev–Trinajstić information content (AvgIpc) is 2.93. The largest absolute Gasteiger partial charge is 0.351 e. The highest BCUT2D eigenvalue weighted by Gasteiger charge is 2.32. The van der Waals surface area contributed by atoms with Gasteiger partial charge in [0.2, 0.25) is 11.8 Å². The second-order valence-electron chi connectivity index (χ2n) is 11.1. The molecule has 206 valence electrons. The molecular weight excluding hydrogens is 462 g/mol. The lowest BCUT2D eigenvalue weighted by Gasteiger charge is -2.36. The Bertz CT molecular complexity index is 820. The summed E-state index contributed by atoms with van der Waals surface area (Å²) in [6, 6.07) is 9.19. The third kappa shape index (κ3) is 10.1. The molecule has 2 N–H and O–H groups in total. The average molecular weight is 512 g/mol. The van der Waals surface area contributed by atoms with Crippen molar-refractivity contribution < 1.29 is 14.4 Å². The molecule has 0 spiro atoms. The molecule has 6 heteroatoms. The molecule has 1 saturated heterocycles. The molecule has 1 aromatic carbocycles. The minimum absolute atomic E-state index is 0.0276. The maximum absolute atomic E-state index is 13.1. The molecule has 6 nitrogen and oxygen atoms in total. The van der Waals surface area contributed by atoms with E-state index in [-0.39, 0.29) is 35.7 Å². The van der Waals surface area contributed by atoms with E-state index in [0.717, 1.165) is 51.4 Å². The summed E-state index contributed by atoms with van der Waals surface area (Å²) >= 11 is 0. The van der Waals surface area contributed by atoms with Crippen LogP contribution in [0.1, 0.15) is 120 Å². The predicted octanol–water partition coefficient (Wildman–Crippen LogP) is 6.00. The van der Waals surface area contributed by atoms with Gasteiger partial charge in [-0.25, -0.2) is 0 Å². The number of amides is 3. The van der Waals surface area contributed by atoms with Crippen molar-refractivity contribution >= 4 is 17.7 Å². The van der Waals surface area contributed by atoms with Crippen molar-refractivity contribution in [1.29, 1.82) is 0 Å². The fraction of sp³-hybridized carbons (Fsp3) is 0.710. The summed E-state index contributed by atoms with van der Waals surface area (Å²) in [5.74, 6) is 0.198. The van der Waals surface area contributed by atoms with Gasteiger partial charge in [0.1, 0.15) is 0 Å². The van der Waals surface area contributed by atoms with Crippen LogP contribution in [0.4, 0.5) is 0 Å². The van der Waals surface area contributed by atoms with Gasteiger partial charge in [0.15, 0.2) is 0 Å². The second kappa shape index (κ2) is 16.5. The Hall–Kier alpha value is -2.37. The number of rotatable bonds is 14. The number of carbonyl (C=O) groups excluding carboxylic acids is 3. The van der Waals surface area contributed by atoms with Crippen LogP contribution in [-0.2, 0) is 9.59 Å². The Morgan fingerprint density at radius 3 is 1.95 bits per heavy atom. The summed E-state index contributed by atoms with van der Waals surface area (Å²) < 4.78 is 0. The lowest BCUT2D eigenvalue weighted by Crippen LogP contribution is -2.55.